The Morgan fingerprint density at radius 3 is 2.68 bits per heavy atom. The number of fused-ring (bicyclic) bond motifs is 1. The molecule has 1 saturated heterocycles. The number of aryl methyl sites for hydroxylation is 2. The molecule has 1 aliphatic carbocycles. The molecule has 31 heavy (non-hydrogen) atoms. The number of carbonyl (C=O) groups is 1. The fraction of sp³-hybridized carbons (Fsp3) is 0.435. The Hall–Kier alpha value is -2.74. The standard InChI is InChI=1S/C23H25N3O4S/c1-14-4-3-5-16(10-14)12-30-23(27)19-11-20(17-6-7-17)24-22-21(19)15(2)25-26(22)18-8-9-31(28,29)13-18/h3-5,10-11,17-18H,6-9,12-13H2,1-2H3. The predicted octanol–water partition coefficient (Wildman–Crippen LogP) is 3.64. The van der Waals surface area contributed by atoms with Crippen molar-refractivity contribution in [2.24, 2.45) is 0 Å². The molecule has 1 aromatic carbocycles. The summed E-state index contributed by atoms with van der Waals surface area (Å²) in [5, 5.41) is 5.27. The van der Waals surface area contributed by atoms with Gasteiger partial charge in [-0.05, 0) is 44.7 Å². The molecular weight excluding hydrogens is 414 g/mol. The second kappa shape index (κ2) is 7.44. The van der Waals surface area contributed by atoms with Crippen LogP contribution in [0, 0.1) is 13.8 Å². The van der Waals surface area contributed by atoms with Gasteiger partial charge in [0.2, 0.25) is 0 Å². The smallest absolute Gasteiger partial charge is 0.339 e. The first-order valence-electron chi connectivity index (χ1n) is 10.6. The molecule has 2 fully saturated rings. The van der Waals surface area contributed by atoms with Crippen LogP contribution >= 0.6 is 0 Å². The van der Waals surface area contributed by atoms with Crippen LogP contribution in [0.2, 0.25) is 0 Å². The van der Waals surface area contributed by atoms with Crippen LogP contribution in [0.25, 0.3) is 11.0 Å². The van der Waals surface area contributed by atoms with E-state index in [1.807, 2.05) is 44.2 Å². The van der Waals surface area contributed by atoms with E-state index in [9.17, 15) is 13.2 Å². The van der Waals surface area contributed by atoms with Crippen molar-refractivity contribution in [1.82, 2.24) is 14.8 Å². The van der Waals surface area contributed by atoms with Crippen LogP contribution in [0.5, 0.6) is 0 Å². The van der Waals surface area contributed by atoms with Crippen molar-refractivity contribution in [2.75, 3.05) is 11.5 Å². The van der Waals surface area contributed by atoms with Crippen LogP contribution in [-0.2, 0) is 21.2 Å². The first-order chi connectivity index (χ1) is 14.8. The lowest BCUT2D eigenvalue weighted by atomic mass is 10.1. The monoisotopic (exact) mass is 439 g/mol. The molecule has 1 saturated carbocycles. The number of benzene rings is 1. The summed E-state index contributed by atoms with van der Waals surface area (Å²) in [5.41, 5.74) is 4.62. The van der Waals surface area contributed by atoms with E-state index in [1.165, 1.54) is 0 Å². The number of ether oxygens (including phenoxy) is 1. The van der Waals surface area contributed by atoms with E-state index >= 15 is 0 Å². The van der Waals surface area contributed by atoms with E-state index in [0.29, 0.717) is 34.6 Å². The van der Waals surface area contributed by atoms with Gasteiger partial charge in [0.15, 0.2) is 15.5 Å². The van der Waals surface area contributed by atoms with Crippen molar-refractivity contribution >= 4 is 26.8 Å². The van der Waals surface area contributed by atoms with Crippen LogP contribution < -0.4 is 0 Å². The fourth-order valence-corrected chi connectivity index (χ4v) is 6.03. The minimum atomic E-state index is -3.07. The van der Waals surface area contributed by atoms with Gasteiger partial charge >= 0.3 is 5.97 Å². The number of hydrogen-bond donors (Lipinski definition) is 0. The summed E-state index contributed by atoms with van der Waals surface area (Å²) in [7, 11) is -3.07. The molecule has 0 bridgehead atoms. The largest absolute Gasteiger partial charge is 0.457 e. The van der Waals surface area contributed by atoms with Gasteiger partial charge in [-0.3, -0.25) is 0 Å². The summed E-state index contributed by atoms with van der Waals surface area (Å²) >= 11 is 0. The van der Waals surface area contributed by atoms with Crippen molar-refractivity contribution < 1.29 is 17.9 Å². The van der Waals surface area contributed by atoms with Crippen molar-refractivity contribution in [2.45, 2.75) is 51.7 Å². The lowest BCUT2D eigenvalue weighted by Crippen LogP contribution is -2.14. The van der Waals surface area contributed by atoms with Crippen molar-refractivity contribution in [3.8, 4) is 0 Å². The minimum Gasteiger partial charge on any atom is -0.457 e. The van der Waals surface area contributed by atoms with Crippen molar-refractivity contribution in [1.29, 1.82) is 0 Å². The van der Waals surface area contributed by atoms with Gasteiger partial charge in [0.1, 0.15) is 6.61 Å². The van der Waals surface area contributed by atoms with Gasteiger partial charge in [0.05, 0.1) is 34.2 Å². The molecule has 0 radical (unpaired) electrons. The normalized spacial score (nSPS) is 20.3. The molecule has 162 valence electrons. The highest BCUT2D eigenvalue weighted by atomic mass is 32.2. The second-order valence-electron chi connectivity index (χ2n) is 8.72. The number of hydrogen-bond acceptors (Lipinski definition) is 6. The maximum Gasteiger partial charge on any atom is 0.339 e. The first kappa shape index (κ1) is 20.2. The summed E-state index contributed by atoms with van der Waals surface area (Å²) in [5.74, 6) is 0.151. The van der Waals surface area contributed by atoms with E-state index in [2.05, 4.69) is 5.10 Å². The molecular formula is C23H25N3O4S. The number of carbonyl (C=O) groups excluding carboxylic acids is 1. The van der Waals surface area contributed by atoms with E-state index in [4.69, 9.17) is 9.72 Å². The number of esters is 1. The zero-order valence-electron chi connectivity index (χ0n) is 17.7. The summed E-state index contributed by atoms with van der Waals surface area (Å²) in [6, 6.07) is 9.46. The van der Waals surface area contributed by atoms with Gasteiger partial charge in [-0.15, -0.1) is 0 Å². The van der Waals surface area contributed by atoms with Crippen LogP contribution in [0.3, 0.4) is 0 Å². The van der Waals surface area contributed by atoms with Crippen LogP contribution in [0.15, 0.2) is 30.3 Å². The maximum absolute atomic E-state index is 13.1. The average molecular weight is 440 g/mol. The third-order valence-electron chi connectivity index (χ3n) is 6.08. The minimum absolute atomic E-state index is 0.0612. The van der Waals surface area contributed by atoms with E-state index in [-0.39, 0.29) is 24.2 Å². The van der Waals surface area contributed by atoms with Crippen molar-refractivity contribution in [3.63, 3.8) is 0 Å². The summed E-state index contributed by atoms with van der Waals surface area (Å²) < 4.78 is 31.4. The Morgan fingerprint density at radius 2 is 2.00 bits per heavy atom. The molecule has 0 amide bonds. The Balaban J connectivity index is 1.53. The number of nitrogens with zero attached hydrogens (tertiary/aromatic N) is 3. The molecule has 8 heteroatoms. The van der Waals surface area contributed by atoms with Gasteiger partial charge in [-0.25, -0.2) is 22.9 Å². The highest BCUT2D eigenvalue weighted by Gasteiger charge is 2.34. The molecule has 1 atom stereocenters. The molecule has 0 spiro atoms. The Morgan fingerprint density at radius 1 is 1.19 bits per heavy atom. The highest BCUT2D eigenvalue weighted by Crippen LogP contribution is 2.41. The Kier molecular flexibility index (Phi) is 4.84. The number of pyridine rings is 1. The lowest BCUT2D eigenvalue weighted by Gasteiger charge is -2.12. The van der Waals surface area contributed by atoms with Crippen LogP contribution in [0.4, 0.5) is 0 Å². The SMILES string of the molecule is Cc1cccc(COC(=O)c2cc(C3CC3)nc3c2c(C)nn3C2CCS(=O)(=O)C2)c1. The number of sulfone groups is 1. The summed E-state index contributed by atoms with van der Waals surface area (Å²) in [6.45, 7) is 4.02. The topological polar surface area (TPSA) is 91.2 Å². The average Bonchev–Trinajstić information content (AvgIpc) is 3.45. The molecule has 2 aromatic heterocycles. The van der Waals surface area contributed by atoms with Crippen LogP contribution in [0.1, 0.15) is 64.1 Å². The molecule has 3 aromatic rings. The lowest BCUT2D eigenvalue weighted by molar-refractivity contribution is 0.0474. The molecule has 1 unspecified atom stereocenters. The molecule has 7 nitrogen and oxygen atoms in total. The Bertz CT molecular complexity index is 1290. The van der Waals surface area contributed by atoms with Gasteiger partial charge in [0.25, 0.3) is 0 Å². The number of aromatic nitrogens is 3. The maximum atomic E-state index is 13.1. The molecule has 2 aliphatic rings. The Labute approximate surface area is 181 Å². The first-order valence-corrected chi connectivity index (χ1v) is 12.5. The fourth-order valence-electron chi connectivity index (χ4n) is 4.33. The van der Waals surface area contributed by atoms with Gasteiger partial charge in [0, 0.05) is 11.6 Å². The van der Waals surface area contributed by atoms with E-state index in [1.54, 1.807) is 4.68 Å². The molecule has 1 aliphatic heterocycles. The van der Waals surface area contributed by atoms with Crippen molar-refractivity contribution in [3.05, 3.63) is 58.4 Å². The van der Waals surface area contributed by atoms with E-state index in [0.717, 1.165) is 29.7 Å². The van der Waals surface area contributed by atoms with Gasteiger partial charge < -0.3 is 4.74 Å². The van der Waals surface area contributed by atoms with E-state index < -0.39 is 15.8 Å². The zero-order chi connectivity index (χ0) is 21.8. The van der Waals surface area contributed by atoms with Crippen LogP contribution in [-0.4, -0.2) is 40.7 Å². The molecule has 3 heterocycles. The van der Waals surface area contributed by atoms with Gasteiger partial charge in [-0.2, -0.15) is 5.10 Å². The quantitative estimate of drug-likeness (QED) is 0.564. The second-order valence-corrected chi connectivity index (χ2v) is 10.9. The zero-order valence-corrected chi connectivity index (χ0v) is 18.5. The number of rotatable bonds is 5. The molecule has 5 rings (SSSR count). The summed E-state index contributed by atoms with van der Waals surface area (Å²) in [6.07, 6.45) is 2.60. The summed E-state index contributed by atoms with van der Waals surface area (Å²) in [4.78, 5) is 17.9. The van der Waals surface area contributed by atoms with Gasteiger partial charge in [-0.1, -0.05) is 29.8 Å². The molecule has 0 N–H and O–H groups in total. The third kappa shape index (κ3) is 3.96. The third-order valence-corrected chi connectivity index (χ3v) is 7.83. The highest BCUT2D eigenvalue weighted by molar-refractivity contribution is 7.91. The predicted molar refractivity (Wildman–Crippen MR) is 117 cm³/mol.